The van der Waals surface area contributed by atoms with Crippen molar-refractivity contribution >= 4 is 6.01 Å². The van der Waals surface area contributed by atoms with E-state index in [9.17, 15) is 0 Å². The Morgan fingerprint density at radius 1 is 1.24 bits per heavy atom. The zero-order valence-corrected chi connectivity index (χ0v) is 10.7. The molecular formula is C13H23N3O. The minimum atomic E-state index is -0.0582. The van der Waals surface area contributed by atoms with E-state index in [1.165, 1.54) is 19.3 Å². The maximum atomic E-state index is 7.21. The molecule has 0 bridgehead atoms. The van der Waals surface area contributed by atoms with E-state index in [2.05, 4.69) is 22.8 Å². The summed E-state index contributed by atoms with van der Waals surface area (Å²) in [5, 5.41) is 7.21. The van der Waals surface area contributed by atoms with E-state index < -0.39 is 0 Å². The lowest BCUT2D eigenvalue weighted by molar-refractivity contribution is -0.00313. The molecule has 0 aromatic carbocycles. The van der Waals surface area contributed by atoms with Gasteiger partial charge >= 0.3 is 0 Å². The number of nitrogens with zero attached hydrogens (tertiary/aromatic N) is 2. The molecule has 17 heavy (non-hydrogen) atoms. The Labute approximate surface area is 104 Å². The van der Waals surface area contributed by atoms with Crippen LogP contribution in [0, 0.1) is 5.41 Å². The third kappa shape index (κ3) is 2.76. The Morgan fingerprint density at radius 2 is 1.88 bits per heavy atom. The third-order valence-corrected chi connectivity index (χ3v) is 4.37. The summed E-state index contributed by atoms with van der Waals surface area (Å²) in [7, 11) is 0. The molecule has 2 fully saturated rings. The van der Waals surface area contributed by atoms with Gasteiger partial charge in [0.2, 0.25) is 0 Å². The van der Waals surface area contributed by atoms with Crippen molar-refractivity contribution in [2.45, 2.75) is 50.6 Å². The van der Waals surface area contributed by atoms with Crippen LogP contribution in [0.3, 0.4) is 0 Å². The molecule has 2 aliphatic rings. The van der Waals surface area contributed by atoms with Crippen LogP contribution in [-0.4, -0.2) is 48.8 Å². The van der Waals surface area contributed by atoms with Crippen LogP contribution in [0.25, 0.3) is 0 Å². The smallest absolute Gasteiger partial charge is 0.0869 e. The Morgan fingerprint density at radius 3 is 2.47 bits per heavy atom. The Bertz CT molecular complexity index is 287. The van der Waals surface area contributed by atoms with Crippen molar-refractivity contribution in [3.8, 4) is 0 Å². The first-order chi connectivity index (χ1) is 8.28. The topological polar surface area (TPSA) is 48.7 Å². The summed E-state index contributed by atoms with van der Waals surface area (Å²) in [5.41, 5.74) is -0.0582. The zero-order chi connectivity index (χ0) is 12.1. The predicted molar refractivity (Wildman–Crippen MR) is 67.8 cm³/mol. The quantitative estimate of drug-likeness (QED) is 0.765. The number of aliphatic imine (C=N–C) groups is 1. The van der Waals surface area contributed by atoms with Crippen molar-refractivity contribution in [2.24, 2.45) is 4.99 Å². The van der Waals surface area contributed by atoms with E-state index in [1.807, 2.05) is 0 Å². The molecule has 0 amide bonds. The van der Waals surface area contributed by atoms with E-state index in [-0.39, 0.29) is 5.54 Å². The molecule has 4 heteroatoms. The average Bonchev–Trinajstić information content (AvgIpc) is 2.40. The first-order valence-electron chi connectivity index (χ1n) is 6.74. The maximum absolute atomic E-state index is 7.21. The van der Waals surface area contributed by atoms with E-state index >= 15 is 0 Å². The van der Waals surface area contributed by atoms with E-state index in [1.54, 1.807) is 0 Å². The lowest BCUT2D eigenvalue weighted by Gasteiger charge is -2.44. The van der Waals surface area contributed by atoms with Gasteiger partial charge in [-0.2, -0.15) is 0 Å². The SMILES string of the molecule is CC(N1CCOCC1)C1(N=C=N)CCCCC1. The molecule has 1 unspecified atom stereocenters. The number of morpholine rings is 1. The summed E-state index contributed by atoms with van der Waals surface area (Å²) in [6, 6.07) is 2.72. The van der Waals surface area contributed by atoms with Gasteiger partial charge in [-0.3, -0.25) is 4.90 Å². The van der Waals surface area contributed by atoms with Crippen LogP contribution in [0.1, 0.15) is 39.0 Å². The molecule has 0 spiro atoms. The first-order valence-corrected chi connectivity index (χ1v) is 6.74. The van der Waals surface area contributed by atoms with Gasteiger partial charge in [0.25, 0.3) is 0 Å². The molecular weight excluding hydrogens is 214 g/mol. The monoisotopic (exact) mass is 237 g/mol. The van der Waals surface area contributed by atoms with Gasteiger partial charge in [-0.25, -0.2) is 10.4 Å². The minimum Gasteiger partial charge on any atom is -0.379 e. The van der Waals surface area contributed by atoms with Crippen molar-refractivity contribution in [1.29, 1.82) is 5.41 Å². The summed E-state index contributed by atoms with van der Waals surface area (Å²) in [5.74, 6) is 0. The fourth-order valence-electron chi connectivity index (χ4n) is 3.20. The molecule has 4 nitrogen and oxygen atoms in total. The Hall–Kier alpha value is -0.700. The number of hydrogen-bond donors (Lipinski definition) is 1. The molecule has 0 aromatic heterocycles. The van der Waals surface area contributed by atoms with Crippen molar-refractivity contribution < 1.29 is 4.74 Å². The summed E-state index contributed by atoms with van der Waals surface area (Å²) < 4.78 is 5.41. The van der Waals surface area contributed by atoms with Gasteiger partial charge in [0.05, 0.1) is 24.8 Å². The van der Waals surface area contributed by atoms with Crippen molar-refractivity contribution in [3.05, 3.63) is 0 Å². The van der Waals surface area contributed by atoms with Crippen LogP contribution in [0.2, 0.25) is 0 Å². The highest BCUT2D eigenvalue weighted by molar-refractivity contribution is 5.38. The van der Waals surface area contributed by atoms with E-state index in [0.29, 0.717) is 6.04 Å². The van der Waals surface area contributed by atoms with E-state index in [4.69, 9.17) is 10.1 Å². The number of nitrogens with one attached hydrogen (secondary N) is 1. The lowest BCUT2D eigenvalue weighted by Crippen LogP contribution is -2.54. The summed E-state index contributed by atoms with van der Waals surface area (Å²) in [6.07, 6.45) is 6.00. The third-order valence-electron chi connectivity index (χ3n) is 4.37. The van der Waals surface area contributed by atoms with E-state index in [0.717, 1.165) is 39.1 Å². The molecule has 1 aliphatic heterocycles. The molecule has 0 radical (unpaired) electrons. The summed E-state index contributed by atoms with van der Waals surface area (Å²) in [6.45, 7) is 5.91. The van der Waals surface area contributed by atoms with Gasteiger partial charge in [-0.15, -0.1) is 0 Å². The van der Waals surface area contributed by atoms with Gasteiger partial charge in [0.15, 0.2) is 0 Å². The lowest BCUT2D eigenvalue weighted by atomic mass is 9.76. The molecule has 96 valence electrons. The fraction of sp³-hybridized carbons (Fsp3) is 0.923. The summed E-state index contributed by atoms with van der Waals surface area (Å²) in [4.78, 5) is 6.89. The number of hydrogen-bond acceptors (Lipinski definition) is 4. The van der Waals surface area contributed by atoms with Crippen molar-refractivity contribution in [2.75, 3.05) is 26.3 Å². The normalized spacial score (nSPS) is 27.1. The van der Waals surface area contributed by atoms with Crippen LogP contribution in [0.5, 0.6) is 0 Å². The zero-order valence-electron chi connectivity index (χ0n) is 10.7. The van der Waals surface area contributed by atoms with Crippen LogP contribution in [0.15, 0.2) is 4.99 Å². The maximum Gasteiger partial charge on any atom is 0.0869 e. The van der Waals surface area contributed by atoms with Crippen molar-refractivity contribution in [3.63, 3.8) is 0 Å². The summed E-state index contributed by atoms with van der Waals surface area (Å²) >= 11 is 0. The van der Waals surface area contributed by atoms with Crippen molar-refractivity contribution in [1.82, 2.24) is 4.90 Å². The second-order valence-electron chi connectivity index (χ2n) is 5.21. The molecule has 1 heterocycles. The van der Waals surface area contributed by atoms with Gasteiger partial charge in [-0.05, 0) is 19.8 Å². The standard InChI is InChI=1S/C13H23N3O/c1-12(16-7-9-17-10-8-16)13(15-11-14)5-3-2-4-6-13/h12,14H,2-10H2,1H3. The minimum absolute atomic E-state index is 0.0582. The Kier molecular flexibility index (Phi) is 4.32. The van der Waals surface area contributed by atoms with Gasteiger partial charge in [0, 0.05) is 19.1 Å². The molecule has 1 aliphatic carbocycles. The second kappa shape index (κ2) is 5.76. The predicted octanol–water partition coefficient (Wildman–Crippen LogP) is 2.16. The molecule has 1 saturated carbocycles. The molecule has 1 saturated heterocycles. The van der Waals surface area contributed by atoms with Gasteiger partial charge in [0.1, 0.15) is 0 Å². The van der Waals surface area contributed by atoms with Gasteiger partial charge < -0.3 is 4.74 Å². The van der Waals surface area contributed by atoms with Crippen LogP contribution in [0.4, 0.5) is 0 Å². The highest BCUT2D eigenvalue weighted by Crippen LogP contribution is 2.36. The molecule has 1 N–H and O–H groups in total. The largest absolute Gasteiger partial charge is 0.379 e. The van der Waals surface area contributed by atoms with Gasteiger partial charge in [-0.1, -0.05) is 19.3 Å². The number of ether oxygens (including phenoxy) is 1. The number of rotatable bonds is 3. The Balaban J connectivity index is 2.10. The highest BCUT2D eigenvalue weighted by Gasteiger charge is 2.40. The molecule has 0 aromatic rings. The fourth-order valence-corrected chi connectivity index (χ4v) is 3.20. The first kappa shape index (κ1) is 12.7. The molecule has 2 rings (SSSR count). The van der Waals surface area contributed by atoms with Crippen LogP contribution >= 0.6 is 0 Å². The van der Waals surface area contributed by atoms with Crippen LogP contribution < -0.4 is 0 Å². The van der Waals surface area contributed by atoms with Crippen LogP contribution in [-0.2, 0) is 4.74 Å². The highest BCUT2D eigenvalue weighted by atomic mass is 16.5. The second-order valence-corrected chi connectivity index (χ2v) is 5.21. The average molecular weight is 237 g/mol. The molecule has 1 atom stereocenters.